The number of hydrogen-bond acceptors (Lipinski definition) is 4. The summed E-state index contributed by atoms with van der Waals surface area (Å²) in [5, 5.41) is 16.9. The maximum absolute atomic E-state index is 11.8. The van der Waals surface area contributed by atoms with Crippen molar-refractivity contribution in [3.05, 3.63) is 51.7 Å². The summed E-state index contributed by atoms with van der Waals surface area (Å²) in [7, 11) is 0. The van der Waals surface area contributed by atoms with E-state index in [1.54, 1.807) is 12.1 Å². The monoisotopic (exact) mass is 318 g/mol. The third-order valence-corrected chi connectivity index (χ3v) is 4.38. The van der Waals surface area contributed by atoms with Gasteiger partial charge >= 0.3 is 11.8 Å². The molecule has 0 aliphatic rings. The van der Waals surface area contributed by atoms with Crippen LogP contribution in [0.1, 0.15) is 22.1 Å². The Balaban J connectivity index is 1.88. The molecule has 1 atom stereocenters. The maximum atomic E-state index is 11.8. The van der Waals surface area contributed by atoms with Gasteiger partial charge in [-0.25, -0.2) is 0 Å². The second kappa shape index (κ2) is 7.20. The fourth-order valence-corrected chi connectivity index (χ4v) is 2.89. The number of thiophene rings is 1. The van der Waals surface area contributed by atoms with Gasteiger partial charge in [-0.15, -0.1) is 11.3 Å². The van der Waals surface area contributed by atoms with Crippen LogP contribution in [0.3, 0.4) is 0 Å². The number of carbonyl (C=O) groups is 2. The standard InChI is InChI=1S/C16H18N2O3S/c1-10-5-3-4-6-12(10)18-16(21)15(20)17-9-13(19)14-11(2)7-8-22-14/h3-8,13,19H,9H2,1-2H3,(H,17,20)(H,18,21). The second-order valence-corrected chi connectivity index (χ2v) is 5.91. The van der Waals surface area contributed by atoms with Crippen LogP contribution in [0.2, 0.25) is 0 Å². The minimum absolute atomic E-state index is 0.00137. The molecule has 3 N–H and O–H groups in total. The van der Waals surface area contributed by atoms with Gasteiger partial charge in [-0.1, -0.05) is 18.2 Å². The number of aryl methyl sites for hydroxylation is 2. The van der Waals surface area contributed by atoms with E-state index in [1.165, 1.54) is 11.3 Å². The first-order valence-corrected chi connectivity index (χ1v) is 7.74. The Morgan fingerprint density at radius 3 is 2.50 bits per heavy atom. The van der Waals surface area contributed by atoms with Gasteiger partial charge in [0.1, 0.15) is 6.10 Å². The summed E-state index contributed by atoms with van der Waals surface area (Å²) in [5.41, 5.74) is 2.44. The minimum atomic E-state index is -0.810. The van der Waals surface area contributed by atoms with Crippen molar-refractivity contribution < 1.29 is 14.7 Å². The number of benzene rings is 1. The molecule has 116 valence electrons. The van der Waals surface area contributed by atoms with Gasteiger partial charge in [0.2, 0.25) is 0 Å². The van der Waals surface area contributed by atoms with E-state index >= 15 is 0 Å². The first-order chi connectivity index (χ1) is 10.5. The zero-order valence-corrected chi connectivity index (χ0v) is 13.2. The molecule has 0 bridgehead atoms. The van der Waals surface area contributed by atoms with Crippen LogP contribution in [0, 0.1) is 13.8 Å². The largest absolute Gasteiger partial charge is 0.386 e. The summed E-state index contributed by atoms with van der Waals surface area (Å²) >= 11 is 1.42. The number of hydrogen-bond donors (Lipinski definition) is 3. The Labute approximate surface area is 133 Å². The first-order valence-electron chi connectivity index (χ1n) is 6.86. The Kier molecular flexibility index (Phi) is 5.30. The van der Waals surface area contributed by atoms with Crippen LogP contribution in [0.15, 0.2) is 35.7 Å². The third-order valence-electron chi connectivity index (χ3n) is 3.26. The van der Waals surface area contributed by atoms with E-state index in [9.17, 15) is 14.7 Å². The summed E-state index contributed by atoms with van der Waals surface area (Å²) in [4.78, 5) is 24.4. The van der Waals surface area contributed by atoms with E-state index in [0.717, 1.165) is 16.0 Å². The maximum Gasteiger partial charge on any atom is 0.313 e. The van der Waals surface area contributed by atoms with Crippen LogP contribution >= 0.6 is 11.3 Å². The van der Waals surface area contributed by atoms with Crippen LogP contribution in [-0.2, 0) is 9.59 Å². The summed E-state index contributed by atoms with van der Waals surface area (Å²) in [6.07, 6.45) is -0.810. The Hall–Kier alpha value is -2.18. The third kappa shape index (κ3) is 3.93. The summed E-state index contributed by atoms with van der Waals surface area (Å²) in [6, 6.07) is 9.10. The summed E-state index contributed by atoms with van der Waals surface area (Å²) in [6.45, 7) is 3.74. The van der Waals surface area contributed by atoms with Gasteiger partial charge in [0, 0.05) is 17.1 Å². The first kappa shape index (κ1) is 16.2. The molecular formula is C16H18N2O3S. The molecule has 1 heterocycles. The highest BCUT2D eigenvalue weighted by Gasteiger charge is 2.17. The predicted octanol–water partition coefficient (Wildman–Crippen LogP) is 2.15. The number of para-hydroxylation sites is 1. The molecule has 2 amide bonds. The topological polar surface area (TPSA) is 78.4 Å². The van der Waals surface area contributed by atoms with Crippen molar-refractivity contribution >= 4 is 28.8 Å². The molecule has 0 radical (unpaired) electrons. The molecule has 1 aromatic carbocycles. The zero-order chi connectivity index (χ0) is 16.1. The van der Waals surface area contributed by atoms with Gasteiger partial charge in [-0.05, 0) is 42.5 Å². The molecule has 0 saturated heterocycles. The lowest BCUT2D eigenvalue weighted by Gasteiger charge is -2.12. The number of amides is 2. The Bertz CT molecular complexity index is 682. The average Bonchev–Trinajstić information content (AvgIpc) is 2.93. The zero-order valence-electron chi connectivity index (χ0n) is 12.4. The van der Waals surface area contributed by atoms with E-state index in [2.05, 4.69) is 10.6 Å². The predicted molar refractivity (Wildman–Crippen MR) is 86.8 cm³/mol. The molecule has 5 nitrogen and oxygen atoms in total. The quantitative estimate of drug-likeness (QED) is 0.756. The average molecular weight is 318 g/mol. The molecule has 0 spiro atoms. The fourth-order valence-electron chi connectivity index (χ4n) is 1.98. The second-order valence-electron chi connectivity index (χ2n) is 4.96. The molecule has 6 heteroatoms. The van der Waals surface area contributed by atoms with E-state index in [-0.39, 0.29) is 6.54 Å². The normalized spacial score (nSPS) is 11.8. The van der Waals surface area contributed by atoms with Crippen LogP contribution in [-0.4, -0.2) is 23.5 Å². The van der Waals surface area contributed by atoms with Gasteiger partial charge in [0.05, 0.1) is 0 Å². The number of rotatable bonds is 4. The molecule has 2 rings (SSSR count). The van der Waals surface area contributed by atoms with Gasteiger partial charge in [0.25, 0.3) is 0 Å². The lowest BCUT2D eigenvalue weighted by atomic mass is 10.2. The number of nitrogens with one attached hydrogen (secondary N) is 2. The van der Waals surface area contributed by atoms with Crippen LogP contribution in [0.5, 0.6) is 0 Å². The van der Waals surface area contributed by atoms with E-state index in [0.29, 0.717) is 5.69 Å². The highest BCUT2D eigenvalue weighted by Crippen LogP contribution is 2.23. The number of anilines is 1. The Morgan fingerprint density at radius 2 is 1.86 bits per heavy atom. The molecule has 1 aromatic heterocycles. The SMILES string of the molecule is Cc1ccccc1NC(=O)C(=O)NCC(O)c1sccc1C. The minimum Gasteiger partial charge on any atom is -0.386 e. The highest BCUT2D eigenvalue weighted by molar-refractivity contribution is 7.10. The molecular weight excluding hydrogens is 300 g/mol. The van der Waals surface area contributed by atoms with E-state index in [4.69, 9.17) is 0 Å². The van der Waals surface area contributed by atoms with Gasteiger partial charge in [0.15, 0.2) is 0 Å². The van der Waals surface area contributed by atoms with Crippen molar-refractivity contribution in [2.75, 3.05) is 11.9 Å². The highest BCUT2D eigenvalue weighted by atomic mass is 32.1. The van der Waals surface area contributed by atoms with Crippen molar-refractivity contribution in [3.63, 3.8) is 0 Å². The van der Waals surface area contributed by atoms with E-state index in [1.807, 2.05) is 37.4 Å². The van der Waals surface area contributed by atoms with E-state index < -0.39 is 17.9 Å². The van der Waals surface area contributed by atoms with Crippen LogP contribution < -0.4 is 10.6 Å². The molecule has 1 unspecified atom stereocenters. The lowest BCUT2D eigenvalue weighted by Crippen LogP contribution is -2.37. The molecule has 22 heavy (non-hydrogen) atoms. The molecule has 0 fully saturated rings. The van der Waals surface area contributed by atoms with Crippen molar-refractivity contribution in [1.82, 2.24) is 5.32 Å². The number of aliphatic hydroxyl groups is 1. The molecule has 0 aliphatic carbocycles. The molecule has 2 aromatic rings. The smallest absolute Gasteiger partial charge is 0.313 e. The van der Waals surface area contributed by atoms with Crippen LogP contribution in [0.25, 0.3) is 0 Å². The van der Waals surface area contributed by atoms with Crippen molar-refractivity contribution in [1.29, 1.82) is 0 Å². The van der Waals surface area contributed by atoms with Crippen LogP contribution in [0.4, 0.5) is 5.69 Å². The van der Waals surface area contributed by atoms with Crippen molar-refractivity contribution in [2.45, 2.75) is 20.0 Å². The molecule has 0 saturated carbocycles. The van der Waals surface area contributed by atoms with Crippen molar-refractivity contribution in [3.8, 4) is 0 Å². The van der Waals surface area contributed by atoms with Gasteiger partial charge in [-0.2, -0.15) is 0 Å². The fraction of sp³-hybridized carbons (Fsp3) is 0.250. The summed E-state index contributed by atoms with van der Waals surface area (Å²) < 4.78 is 0. The summed E-state index contributed by atoms with van der Waals surface area (Å²) in [5.74, 6) is -1.51. The molecule has 0 aliphatic heterocycles. The number of carbonyl (C=O) groups excluding carboxylic acids is 2. The van der Waals surface area contributed by atoms with Gasteiger partial charge in [-0.3, -0.25) is 9.59 Å². The van der Waals surface area contributed by atoms with Crippen molar-refractivity contribution in [2.24, 2.45) is 0 Å². The number of aliphatic hydroxyl groups excluding tert-OH is 1. The Morgan fingerprint density at radius 1 is 1.14 bits per heavy atom. The van der Waals surface area contributed by atoms with Gasteiger partial charge < -0.3 is 15.7 Å². The lowest BCUT2D eigenvalue weighted by molar-refractivity contribution is -0.136.